The van der Waals surface area contributed by atoms with Crippen molar-refractivity contribution in [1.82, 2.24) is 10.2 Å². The highest BCUT2D eigenvalue weighted by atomic mass is 35.5. The molecule has 0 aliphatic carbocycles. The maximum atomic E-state index is 12.0. The summed E-state index contributed by atoms with van der Waals surface area (Å²) in [5, 5.41) is 9.94. The van der Waals surface area contributed by atoms with Gasteiger partial charge in [-0.15, -0.1) is 0 Å². The third-order valence-corrected chi connectivity index (χ3v) is 2.89. The molecule has 1 amide bonds. The predicted octanol–water partition coefficient (Wildman–Crippen LogP) is 2.51. The van der Waals surface area contributed by atoms with Crippen LogP contribution in [0, 0.1) is 13.8 Å². The highest BCUT2D eigenvalue weighted by molar-refractivity contribution is 6.31. The Kier molecular flexibility index (Phi) is 3.25. The zero-order chi connectivity index (χ0) is 13.3. The fraction of sp³-hybridized carbons (Fsp3) is 0.167. The first-order chi connectivity index (χ1) is 8.47. The standard InChI is InChI=1S/C12H13ClN4O/c1-6-7(2)16-17-11(6)15-12(18)8-3-9(13)5-10(14)4-8/h3-5H,14H2,1-2H3,(H2,15,16,17,18). The number of benzene rings is 1. The van der Waals surface area contributed by atoms with Gasteiger partial charge in [-0.05, 0) is 32.0 Å². The minimum absolute atomic E-state index is 0.293. The summed E-state index contributed by atoms with van der Waals surface area (Å²) in [6.07, 6.45) is 0. The van der Waals surface area contributed by atoms with E-state index in [1.807, 2.05) is 13.8 Å². The summed E-state index contributed by atoms with van der Waals surface area (Å²) < 4.78 is 0. The largest absolute Gasteiger partial charge is 0.399 e. The van der Waals surface area contributed by atoms with Gasteiger partial charge in [0.05, 0.1) is 0 Å². The number of nitrogens with zero attached hydrogens (tertiary/aromatic N) is 1. The molecular formula is C12H13ClN4O. The molecule has 2 aromatic rings. The monoisotopic (exact) mass is 264 g/mol. The SMILES string of the molecule is Cc1[nH]nc(NC(=O)c2cc(N)cc(Cl)c2)c1C. The number of hydrogen-bond donors (Lipinski definition) is 3. The second-order valence-corrected chi connectivity index (χ2v) is 4.49. The van der Waals surface area contributed by atoms with E-state index in [0.717, 1.165) is 11.3 Å². The van der Waals surface area contributed by atoms with Gasteiger partial charge >= 0.3 is 0 Å². The number of nitrogens with one attached hydrogen (secondary N) is 2. The molecule has 0 radical (unpaired) electrons. The highest BCUT2D eigenvalue weighted by Gasteiger charge is 2.12. The normalized spacial score (nSPS) is 10.4. The number of aromatic nitrogens is 2. The van der Waals surface area contributed by atoms with Crippen molar-refractivity contribution in [1.29, 1.82) is 0 Å². The predicted molar refractivity (Wildman–Crippen MR) is 71.9 cm³/mol. The molecule has 0 saturated heterocycles. The summed E-state index contributed by atoms with van der Waals surface area (Å²) in [5.41, 5.74) is 8.30. The number of aromatic amines is 1. The van der Waals surface area contributed by atoms with E-state index in [0.29, 0.717) is 22.1 Å². The minimum atomic E-state index is -0.293. The van der Waals surface area contributed by atoms with E-state index < -0.39 is 0 Å². The molecule has 0 aliphatic rings. The van der Waals surface area contributed by atoms with E-state index in [2.05, 4.69) is 15.5 Å². The molecule has 1 heterocycles. The zero-order valence-corrected chi connectivity index (χ0v) is 10.8. The molecule has 18 heavy (non-hydrogen) atoms. The van der Waals surface area contributed by atoms with Crippen molar-refractivity contribution in [3.05, 3.63) is 40.0 Å². The summed E-state index contributed by atoms with van der Waals surface area (Å²) in [7, 11) is 0. The molecule has 0 aliphatic heterocycles. The van der Waals surface area contributed by atoms with E-state index in [9.17, 15) is 4.79 Å². The van der Waals surface area contributed by atoms with Crippen molar-refractivity contribution in [2.24, 2.45) is 0 Å². The number of rotatable bonds is 2. The fourth-order valence-electron chi connectivity index (χ4n) is 1.53. The quantitative estimate of drug-likeness (QED) is 0.729. The summed E-state index contributed by atoms with van der Waals surface area (Å²) in [6, 6.07) is 4.71. The molecule has 0 saturated carbocycles. The third-order valence-electron chi connectivity index (χ3n) is 2.67. The van der Waals surface area contributed by atoms with Crippen molar-refractivity contribution in [2.45, 2.75) is 13.8 Å². The van der Waals surface area contributed by atoms with E-state index >= 15 is 0 Å². The first-order valence-corrected chi connectivity index (χ1v) is 5.74. The molecule has 1 aromatic heterocycles. The van der Waals surface area contributed by atoms with Crippen molar-refractivity contribution in [3.8, 4) is 0 Å². The Hall–Kier alpha value is -2.01. The van der Waals surface area contributed by atoms with Crippen LogP contribution in [0.4, 0.5) is 11.5 Å². The van der Waals surface area contributed by atoms with Crippen molar-refractivity contribution >= 4 is 29.0 Å². The van der Waals surface area contributed by atoms with Crippen LogP contribution in [-0.4, -0.2) is 16.1 Å². The average Bonchev–Trinajstić information content (AvgIpc) is 2.59. The lowest BCUT2D eigenvalue weighted by atomic mass is 10.2. The topological polar surface area (TPSA) is 83.8 Å². The molecule has 5 nitrogen and oxygen atoms in total. The summed E-state index contributed by atoms with van der Waals surface area (Å²) >= 11 is 5.85. The van der Waals surface area contributed by atoms with Gasteiger partial charge in [0.25, 0.3) is 5.91 Å². The van der Waals surface area contributed by atoms with Crippen LogP contribution in [0.5, 0.6) is 0 Å². The number of carbonyl (C=O) groups is 1. The second-order valence-electron chi connectivity index (χ2n) is 4.05. The maximum Gasteiger partial charge on any atom is 0.256 e. The Labute approximate surface area is 109 Å². The highest BCUT2D eigenvalue weighted by Crippen LogP contribution is 2.19. The number of nitrogens with two attached hydrogens (primary N) is 1. The third kappa shape index (κ3) is 2.46. The Morgan fingerprint density at radius 1 is 1.39 bits per heavy atom. The fourth-order valence-corrected chi connectivity index (χ4v) is 1.77. The number of aryl methyl sites for hydroxylation is 1. The van der Waals surface area contributed by atoms with E-state index in [4.69, 9.17) is 17.3 Å². The lowest BCUT2D eigenvalue weighted by Crippen LogP contribution is -2.13. The van der Waals surface area contributed by atoms with Gasteiger partial charge in [0.2, 0.25) is 0 Å². The minimum Gasteiger partial charge on any atom is -0.399 e. The molecule has 0 atom stereocenters. The number of hydrogen-bond acceptors (Lipinski definition) is 3. The van der Waals surface area contributed by atoms with Gasteiger partial charge in [-0.2, -0.15) is 5.10 Å². The number of H-pyrrole nitrogens is 1. The van der Waals surface area contributed by atoms with Gasteiger partial charge in [0.1, 0.15) is 0 Å². The zero-order valence-electron chi connectivity index (χ0n) is 10.0. The second kappa shape index (κ2) is 4.70. The number of carbonyl (C=O) groups excluding carboxylic acids is 1. The molecule has 0 fully saturated rings. The van der Waals surface area contributed by atoms with Gasteiger partial charge < -0.3 is 11.1 Å². The van der Waals surface area contributed by atoms with Crippen LogP contribution in [0.25, 0.3) is 0 Å². The van der Waals surface area contributed by atoms with Crippen LogP contribution in [0.2, 0.25) is 5.02 Å². The smallest absolute Gasteiger partial charge is 0.256 e. The van der Waals surface area contributed by atoms with Gasteiger partial charge in [-0.1, -0.05) is 11.6 Å². The van der Waals surface area contributed by atoms with Crippen molar-refractivity contribution in [3.63, 3.8) is 0 Å². The van der Waals surface area contributed by atoms with Crippen LogP contribution in [0.3, 0.4) is 0 Å². The Balaban J connectivity index is 2.24. The van der Waals surface area contributed by atoms with E-state index in [1.165, 1.54) is 0 Å². The number of halogens is 1. The molecular weight excluding hydrogens is 252 g/mol. The Morgan fingerprint density at radius 2 is 2.11 bits per heavy atom. The summed E-state index contributed by atoms with van der Waals surface area (Å²) in [4.78, 5) is 12.0. The molecule has 0 bridgehead atoms. The Morgan fingerprint density at radius 3 is 2.67 bits per heavy atom. The molecule has 2 rings (SSSR count). The first kappa shape index (κ1) is 12.4. The summed E-state index contributed by atoms with van der Waals surface area (Å²) in [6.45, 7) is 3.76. The number of anilines is 2. The van der Waals surface area contributed by atoms with Crippen LogP contribution in [-0.2, 0) is 0 Å². The number of nitrogen functional groups attached to an aromatic ring is 1. The van der Waals surface area contributed by atoms with Gasteiger partial charge in [-0.3, -0.25) is 9.89 Å². The molecule has 4 N–H and O–H groups in total. The van der Waals surface area contributed by atoms with E-state index in [1.54, 1.807) is 18.2 Å². The molecule has 6 heteroatoms. The van der Waals surface area contributed by atoms with Crippen molar-refractivity contribution < 1.29 is 4.79 Å². The molecule has 0 spiro atoms. The van der Waals surface area contributed by atoms with Crippen molar-refractivity contribution in [2.75, 3.05) is 11.1 Å². The van der Waals surface area contributed by atoms with Crippen LogP contribution < -0.4 is 11.1 Å². The summed E-state index contributed by atoms with van der Waals surface area (Å²) in [5.74, 6) is 0.217. The molecule has 0 unspecified atom stereocenters. The van der Waals surface area contributed by atoms with Gasteiger partial charge in [0, 0.05) is 27.5 Å². The van der Waals surface area contributed by atoms with E-state index in [-0.39, 0.29) is 5.91 Å². The van der Waals surface area contributed by atoms with Crippen LogP contribution in [0.15, 0.2) is 18.2 Å². The molecule has 1 aromatic carbocycles. The van der Waals surface area contributed by atoms with Crippen LogP contribution >= 0.6 is 11.6 Å². The maximum absolute atomic E-state index is 12.0. The molecule has 94 valence electrons. The van der Waals surface area contributed by atoms with Gasteiger partial charge in [-0.25, -0.2) is 0 Å². The Bertz CT molecular complexity index is 586. The lowest BCUT2D eigenvalue weighted by molar-refractivity contribution is 0.102. The average molecular weight is 265 g/mol. The number of amides is 1. The van der Waals surface area contributed by atoms with Crippen LogP contribution in [0.1, 0.15) is 21.6 Å². The first-order valence-electron chi connectivity index (χ1n) is 5.36. The lowest BCUT2D eigenvalue weighted by Gasteiger charge is -2.05. The van der Waals surface area contributed by atoms with Gasteiger partial charge in [0.15, 0.2) is 5.82 Å².